The molecule has 1 aromatic carbocycles. The van der Waals surface area contributed by atoms with E-state index in [1.807, 2.05) is 12.1 Å². The molecule has 5 atom stereocenters. The van der Waals surface area contributed by atoms with Crippen LogP contribution in [0.1, 0.15) is 28.3 Å². The maximum Gasteiger partial charge on any atom is 0.335 e. The summed E-state index contributed by atoms with van der Waals surface area (Å²) in [6, 6.07) is 7.11. The van der Waals surface area contributed by atoms with E-state index < -0.39 is 17.6 Å². The van der Waals surface area contributed by atoms with Gasteiger partial charge in [0.05, 0.1) is 11.6 Å². The van der Waals surface area contributed by atoms with Crippen LogP contribution in [0.25, 0.3) is 0 Å². The summed E-state index contributed by atoms with van der Waals surface area (Å²) in [6.07, 6.45) is 1.84. The number of aliphatic hydroxyl groups is 1. The number of carboxylic acids is 1. The Hall–Kier alpha value is -1.67. The Balaban J connectivity index is 1.68. The number of nitrogens with zero attached hydrogens (tertiary/aromatic N) is 3. The van der Waals surface area contributed by atoms with Gasteiger partial charge < -0.3 is 20.4 Å². The van der Waals surface area contributed by atoms with Crippen LogP contribution in [0.2, 0.25) is 0 Å². The number of hydrogen-bond acceptors (Lipinski definition) is 6. The first-order chi connectivity index (χ1) is 12.3. The minimum atomic E-state index is -0.912. The van der Waals surface area contributed by atoms with Crippen molar-refractivity contribution < 1.29 is 15.0 Å². The molecule has 0 amide bonds. The molecule has 3 rings (SSSR count). The van der Waals surface area contributed by atoms with E-state index in [0.717, 1.165) is 25.1 Å². The minimum Gasteiger partial charge on any atom is -0.478 e. The summed E-state index contributed by atoms with van der Waals surface area (Å²) in [5, 5.41) is 27.8. The summed E-state index contributed by atoms with van der Waals surface area (Å²) in [7, 11) is 3.76. The predicted molar refractivity (Wildman–Crippen MR) is 101 cm³/mol. The van der Waals surface area contributed by atoms with Gasteiger partial charge in [-0.25, -0.2) is 4.79 Å². The number of alkyl halides is 1. The monoisotopic (exact) mass is 380 g/mol. The van der Waals surface area contributed by atoms with Crippen molar-refractivity contribution >= 4 is 23.8 Å². The third-order valence-electron chi connectivity index (χ3n) is 5.11. The fraction of sp³-hybridized carbons (Fsp3) is 0.556. The second kappa shape index (κ2) is 7.92. The molecule has 0 aliphatic carbocycles. The summed E-state index contributed by atoms with van der Waals surface area (Å²) in [6.45, 7) is 1.79. The third-order valence-corrected chi connectivity index (χ3v) is 5.61. The fourth-order valence-corrected chi connectivity index (χ4v) is 4.01. The highest BCUT2D eigenvalue weighted by molar-refractivity contribution is 6.22. The largest absolute Gasteiger partial charge is 0.478 e. The van der Waals surface area contributed by atoms with E-state index in [1.54, 1.807) is 25.4 Å². The average Bonchev–Trinajstić information content (AvgIpc) is 2.62. The number of rotatable bonds is 4. The predicted octanol–water partition coefficient (Wildman–Crippen LogP) is 0.988. The maximum absolute atomic E-state index is 11.0. The molecule has 2 heterocycles. The van der Waals surface area contributed by atoms with Crippen LogP contribution < -0.4 is 5.32 Å². The van der Waals surface area contributed by atoms with Crippen molar-refractivity contribution in [3.63, 3.8) is 0 Å². The van der Waals surface area contributed by atoms with E-state index in [1.165, 1.54) is 5.01 Å². The summed E-state index contributed by atoms with van der Waals surface area (Å²) < 4.78 is 0. The van der Waals surface area contributed by atoms with E-state index in [9.17, 15) is 9.90 Å². The van der Waals surface area contributed by atoms with Gasteiger partial charge in [-0.15, -0.1) is 11.6 Å². The molecule has 0 radical (unpaired) electrons. The minimum absolute atomic E-state index is 0.200. The molecule has 0 bridgehead atoms. The SMILES string of the molecule is CN1C[C@H](NC2C=NN(C)C(O)C2Cl)C[C@H](c2ccc(C(=O)O)cc2)C1. The lowest BCUT2D eigenvalue weighted by molar-refractivity contribution is 0.00905. The molecule has 3 N–H and O–H groups in total. The molecule has 2 aliphatic heterocycles. The zero-order chi connectivity index (χ0) is 18.8. The van der Waals surface area contributed by atoms with Crippen molar-refractivity contribution in [2.45, 2.75) is 36.0 Å². The number of hydrazone groups is 1. The Kier molecular flexibility index (Phi) is 5.82. The number of carbonyl (C=O) groups is 1. The fourth-order valence-electron chi connectivity index (χ4n) is 3.71. The van der Waals surface area contributed by atoms with Gasteiger partial charge in [0, 0.05) is 32.4 Å². The number of piperidine rings is 1. The molecule has 0 aromatic heterocycles. The van der Waals surface area contributed by atoms with Gasteiger partial charge in [-0.05, 0) is 37.1 Å². The Labute approximate surface area is 158 Å². The summed E-state index contributed by atoms with van der Waals surface area (Å²) >= 11 is 6.37. The van der Waals surface area contributed by atoms with E-state index in [4.69, 9.17) is 16.7 Å². The molecule has 142 valence electrons. The van der Waals surface area contributed by atoms with Gasteiger partial charge in [0.25, 0.3) is 0 Å². The standard InChI is InChI=1S/C18H25ClN4O3/c1-22-9-13(11-3-5-12(6-4-11)18(25)26)7-14(10-22)21-15-8-20-23(2)17(24)16(15)19/h3-6,8,13-17,21,24H,7,9-10H2,1-2H3,(H,25,26)/t13-,14+,15?,16?,17?/m0/s1. The highest BCUT2D eigenvalue weighted by atomic mass is 35.5. The van der Waals surface area contributed by atoms with Crippen LogP contribution in [0.5, 0.6) is 0 Å². The molecule has 26 heavy (non-hydrogen) atoms. The number of aromatic carboxylic acids is 1. The quantitative estimate of drug-likeness (QED) is 0.675. The number of likely N-dealkylation sites (N-methyl/N-ethyl adjacent to an activating group) is 1. The van der Waals surface area contributed by atoms with Crippen LogP contribution in [0.15, 0.2) is 29.4 Å². The lowest BCUT2D eigenvalue weighted by Gasteiger charge is -2.40. The second-order valence-corrected chi connectivity index (χ2v) is 7.67. The molecule has 1 aromatic rings. The van der Waals surface area contributed by atoms with E-state index in [-0.39, 0.29) is 12.1 Å². The third kappa shape index (κ3) is 4.17. The van der Waals surface area contributed by atoms with Gasteiger partial charge in [0.15, 0.2) is 6.23 Å². The van der Waals surface area contributed by atoms with Crippen molar-refractivity contribution in [2.75, 3.05) is 27.2 Å². The smallest absolute Gasteiger partial charge is 0.335 e. The molecule has 1 fully saturated rings. The van der Waals surface area contributed by atoms with Crippen LogP contribution >= 0.6 is 11.6 Å². The zero-order valence-electron chi connectivity index (χ0n) is 14.9. The maximum atomic E-state index is 11.0. The molecule has 1 saturated heterocycles. The Bertz CT molecular complexity index is 669. The van der Waals surface area contributed by atoms with Gasteiger partial charge in [0.2, 0.25) is 0 Å². The summed E-state index contributed by atoms with van der Waals surface area (Å²) in [5.41, 5.74) is 1.43. The molecule has 0 saturated carbocycles. The van der Waals surface area contributed by atoms with E-state index >= 15 is 0 Å². The normalized spacial score (nSPS) is 32.6. The molecule has 0 spiro atoms. The van der Waals surface area contributed by atoms with Crippen molar-refractivity contribution in [1.82, 2.24) is 15.2 Å². The van der Waals surface area contributed by atoms with Crippen LogP contribution in [-0.4, -0.2) is 83.2 Å². The summed E-state index contributed by atoms with van der Waals surface area (Å²) in [5.74, 6) is -0.610. The van der Waals surface area contributed by atoms with Crippen molar-refractivity contribution in [1.29, 1.82) is 0 Å². The van der Waals surface area contributed by atoms with Crippen molar-refractivity contribution in [3.05, 3.63) is 35.4 Å². The highest BCUT2D eigenvalue weighted by Crippen LogP contribution is 2.28. The number of carboxylic acid groups (broad SMARTS) is 1. The Morgan fingerprint density at radius 1 is 1.27 bits per heavy atom. The second-order valence-electron chi connectivity index (χ2n) is 7.17. The van der Waals surface area contributed by atoms with Crippen LogP contribution in [0.4, 0.5) is 0 Å². The first-order valence-corrected chi connectivity index (χ1v) is 9.15. The average molecular weight is 381 g/mol. The number of halogens is 1. The lowest BCUT2D eigenvalue weighted by atomic mass is 9.87. The Morgan fingerprint density at radius 3 is 2.62 bits per heavy atom. The van der Waals surface area contributed by atoms with Gasteiger partial charge in [-0.3, -0.25) is 5.01 Å². The Morgan fingerprint density at radius 2 is 1.96 bits per heavy atom. The molecule has 7 nitrogen and oxygen atoms in total. The van der Waals surface area contributed by atoms with E-state index in [0.29, 0.717) is 11.5 Å². The molecule has 3 unspecified atom stereocenters. The molecule has 8 heteroatoms. The number of benzene rings is 1. The van der Waals surface area contributed by atoms with Gasteiger partial charge in [-0.2, -0.15) is 5.10 Å². The lowest BCUT2D eigenvalue weighted by Crippen LogP contribution is -2.58. The number of hydrogen-bond donors (Lipinski definition) is 3. The number of aliphatic hydroxyl groups excluding tert-OH is 1. The number of likely N-dealkylation sites (tertiary alicyclic amines) is 1. The van der Waals surface area contributed by atoms with Gasteiger partial charge >= 0.3 is 5.97 Å². The molecule has 2 aliphatic rings. The van der Waals surface area contributed by atoms with Crippen molar-refractivity contribution in [3.8, 4) is 0 Å². The van der Waals surface area contributed by atoms with Crippen molar-refractivity contribution in [2.24, 2.45) is 5.10 Å². The van der Waals surface area contributed by atoms with Crippen LogP contribution in [-0.2, 0) is 0 Å². The van der Waals surface area contributed by atoms with Gasteiger partial charge in [-0.1, -0.05) is 12.1 Å². The van der Waals surface area contributed by atoms with Crippen LogP contribution in [0, 0.1) is 0 Å². The highest BCUT2D eigenvalue weighted by Gasteiger charge is 2.35. The van der Waals surface area contributed by atoms with Gasteiger partial charge in [0.1, 0.15) is 5.38 Å². The molecular formula is C18H25ClN4O3. The van der Waals surface area contributed by atoms with E-state index in [2.05, 4.69) is 22.4 Å². The summed E-state index contributed by atoms with van der Waals surface area (Å²) in [4.78, 5) is 13.3. The zero-order valence-corrected chi connectivity index (χ0v) is 15.7. The first kappa shape index (κ1) is 19.1. The molecular weight excluding hydrogens is 356 g/mol. The topological polar surface area (TPSA) is 88.4 Å². The number of nitrogens with one attached hydrogen (secondary N) is 1. The van der Waals surface area contributed by atoms with Crippen LogP contribution in [0.3, 0.4) is 0 Å². The first-order valence-electron chi connectivity index (χ1n) is 8.72.